The van der Waals surface area contributed by atoms with Gasteiger partial charge in [0.05, 0.1) is 22.3 Å². The Bertz CT molecular complexity index is 3010. The number of phenolic OH excluding ortho intramolecular Hbond substituents is 15. The van der Waals surface area contributed by atoms with Gasteiger partial charge in [0.2, 0.25) is 23.0 Å². The van der Waals surface area contributed by atoms with Crippen LogP contribution in [0.5, 0.6) is 86.2 Å². The minimum Gasteiger partial charge on any atom is -0.504 e. The standard InChI is InChI=1S/C41H30O26/c42-11-1-7(2-12(43)23(11)47)37(58)64-16-6-63-38(59)8-3-13(44)24(48)27(51)17(8)18-9(4-14(45)25(49)28(18)52)39(60)65-34(16)36-35-32(56)22-21(41(62)66-35)20(30(54)33(57)31(22)55)19-10(40(61)67-36)5-15(46)26(50)29(19)53/h1-5,16,32,34-36,41-57,62H,6H2. The Balaban J connectivity index is 1.42. The zero-order chi connectivity index (χ0) is 49.0. The van der Waals surface area contributed by atoms with E-state index in [0.717, 1.165) is 0 Å². The maximum absolute atomic E-state index is 14.6. The maximum Gasteiger partial charge on any atom is 0.339 e. The molecule has 0 amide bonds. The molecule has 6 unspecified atom stereocenters. The van der Waals surface area contributed by atoms with Crippen molar-refractivity contribution >= 4 is 23.9 Å². The molecule has 4 aliphatic rings. The highest BCUT2D eigenvalue weighted by atomic mass is 16.7. The van der Waals surface area contributed by atoms with Crippen LogP contribution in [0.15, 0.2) is 30.3 Å². The molecule has 4 aliphatic heterocycles. The van der Waals surface area contributed by atoms with Crippen LogP contribution in [0, 0.1) is 0 Å². The van der Waals surface area contributed by atoms with Crippen molar-refractivity contribution in [3.05, 3.63) is 63.7 Å². The van der Waals surface area contributed by atoms with Crippen molar-refractivity contribution in [3.8, 4) is 108 Å². The molecule has 26 heteroatoms. The molecular weight excluding hydrogens is 908 g/mol. The number of benzene rings is 5. The highest BCUT2D eigenvalue weighted by Gasteiger charge is 2.54. The number of rotatable bonds is 3. The number of phenols is 15. The normalized spacial score (nSPS) is 21.1. The van der Waals surface area contributed by atoms with E-state index in [-0.39, 0.29) is 0 Å². The summed E-state index contributed by atoms with van der Waals surface area (Å²) in [5.41, 5.74) is -10.5. The molecule has 4 bridgehead atoms. The summed E-state index contributed by atoms with van der Waals surface area (Å²) in [4.78, 5) is 56.9. The van der Waals surface area contributed by atoms with E-state index in [9.17, 15) is 106 Å². The summed E-state index contributed by atoms with van der Waals surface area (Å²) >= 11 is 0. The summed E-state index contributed by atoms with van der Waals surface area (Å²) in [5.74, 6) is -27.4. The highest BCUT2D eigenvalue weighted by molar-refractivity contribution is 6.09. The molecule has 6 atom stereocenters. The zero-order valence-corrected chi connectivity index (χ0v) is 32.8. The number of carbonyl (C=O) groups is 4. The topological polar surface area (TPSA) is 458 Å². The third-order valence-electron chi connectivity index (χ3n) is 11.0. The average Bonchev–Trinajstić information content (AvgIpc) is 3.29. The van der Waals surface area contributed by atoms with Crippen LogP contribution < -0.4 is 0 Å². The van der Waals surface area contributed by atoms with Gasteiger partial charge in [-0.3, -0.25) is 0 Å². The van der Waals surface area contributed by atoms with Crippen molar-refractivity contribution < 1.29 is 130 Å². The van der Waals surface area contributed by atoms with Gasteiger partial charge in [0.1, 0.15) is 18.8 Å². The number of aliphatic hydroxyl groups is 2. The second-order valence-electron chi connectivity index (χ2n) is 14.8. The first kappa shape index (κ1) is 44.5. The molecule has 9 rings (SSSR count). The fraction of sp³-hybridized carbons (Fsp3) is 0.171. The molecule has 0 spiro atoms. The molecule has 350 valence electrons. The first-order valence-corrected chi connectivity index (χ1v) is 18.7. The van der Waals surface area contributed by atoms with Crippen LogP contribution in [0.1, 0.15) is 65.0 Å². The molecule has 0 aliphatic carbocycles. The SMILES string of the molecule is O=C(OC1COC(=O)c2cc(O)c(O)c(O)c2-c2c(cc(O)c(O)c2O)C(=O)OC1C1OC(=O)c2cc(O)c(O)c(O)c2-c2c(O)c(O)c(O)c3c2C(O)OC1C3O)c1cc(O)c(O)c(O)c1. The molecule has 4 heterocycles. The van der Waals surface area contributed by atoms with Gasteiger partial charge in [-0.25, -0.2) is 19.2 Å². The molecule has 0 saturated carbocycles. The maximum atomic E-state index is 14.6. The fourth-order valence-electron chi connectivity index (χ4n) is 7.85. The van der Waals surface area contributed by atoms with Crippen LogP contribution in [0.3, 0.4) is 0 Å². The van der Waals surface area contributed by atoms with Gasteiger partial charge in [-0.2, -0.15) is 0 Å². The number of hydrogen-bond acceptors (Lipinski definition) is 26. The van der Waals surface area contributed by atoms with E-state index >= 15 is 0 Å². The van der Waals surface area contributed by atoms with Crippen LogP contribution in [-0.4, -0.2) is 142 Å². The van der Waals surface area contributed by atoms with E-state index in [1.165, 1.54) is 0 Å². The number of ether oxygens (including phenoxy) is 5. The van der Waals surface area contributed by atoms with Crippen molar-refractivity contribution in [3.63, 3.8) is 0 Å². The summed E-state index contributed by atoms with van der Waals surface area (Å²) in [6.45, 7) is -1.48. The molecule has 5 aromatic carbocycles. The highest BCUT2D eigenvalue weighted by Crippen LogP contribution is 2.60. The van der Waals surface area contributed by atoms with Gasteiger partial charge in [-0.1, -0.05) is 0 Å². The number of esters is 4. The number of cyclic esters (lactones) is 2. The van der Waals surface area contributed by atoms with Gasteiger partial charge in [0, 0.05) is 33.4 Å². The van der Waals surface area contributed by atoms with E-state index in [0.29, 0.717) is 30.3 Å². The second-order valence-corrected chi connectivity index (χ2v) is 14.8. The number of carbonyl (C=O) groups excluding carboxylic acids is 4. The first-order chi connectivity index (χ1) is 31.5. The lowest BCUT2D eigenvalue weighted by atomic mass is 9.82. The molecule has 0 aromatic heterocycles. The zero-order valence-electron chi connectivity index (χ0n) is 32.8. The van der Waals surface area contributed by atoms with Crippen LogP contribution in [0.2, 0.25) is 0 Å². The monoisotopic (exact) mass is 938 g/mol. The van der Waals surface area contributed by atoms with Gasteiger partial charge in [-0.15, -0.1) is 0 Å². The van der Waals surface area contributed by atoms with E-state index < -0.39 is 209 Å². The summed E-state index contributed by atoms with van der Waals surface area (Å²) in [7, 11) is 0. The van der Waals surface area contributed by atoms with Gasteiger partial charge in [0.25, 0.3) is 0 Å². The van der Waals surface area contributed by atoms with Crippen LogP contribution in [0.25, 0.3) is 22.3 Å². The van der Waals surface area contributed by atoms with Crippen LogP contribution in [-0.2, 0) is 23.7 Å². The summed E-state index contributed by atoms with van der Waals surface area (Å²) in [6.07, 6.45) is -15.7. The van der Waals surface area contributed by atoms with Crippen molar-refractivity contribution in [2.45, 2.75) is 36.8 Å². The Morgan fingerprint density at radius 3 is 1.37 bits per heavy atom. The van der Waals surface area contributed by atoms with E-state index in [4.69, 9.17) is 23.7 Å². The molecule has 0 fully saturated rings. The average molecular weight is 939 g/mol. The van der Waals surface area contributed by atoms with Crippen LogP contribution >= 0.6 is 0 Å². The molecule has 17 N–H and O–H groups in total. The van der Waals surface area contributed by atoms with Crippen molar-refractivity contribution in [2.24, 2.45) is 0 Å². The minimum absolute atomic E-state index is 0.345. The molecule has 26 nitrogen and oxygen atoms in total. The molecule has 0 saturated heterocycles. The number of aliphatic hydroxyl groups excluding tert-OH is 2. The summed E-state index contributed by atoms with van der Waals surface area (Å²) < 4.78 is 27.9. The van der Waals surface area contributed by atoms with Crippen LogP contribution in [0.4, 0.5) is 0 Å². The smallest absolute Gasteiger partial charge is 0.339 e. The van der Waals surface area contributed by atoms with Crippen molar-refractivity contribution in [1.29, 1.82) is 0 Å². The van der Waals surface area contributed by atoms with E-state index in [1.54, 1.807) is 0 Å². The summed E-state index contributed by atoms with van der Waals surface area (Å²) in [6, 6.07) is 2.23. The lowest BCUT2D eigenvalue weighted by Gasteiger charge is -2.42. The van der Waals surface area contributed by atoms with Gasteiger partial charge >= 0.3 is 23.9 Å². The predicted molar refractivity (Wildman–Crippen MR) is 208 cm³/mol. The molecule has 5 aromatic rings. The van der Waals surface area contributed by atoms with Crippen molar-refractivity contribution in [2.75, 3.05) is 6.61 Å². The third-order valence-corrected chi connectivity index (χ3v) is 11.0. The van der Waals surface area contributed by atoms with E-state index in [2.05, 4.69) is 0 Å². The molecule has 0 radical (unpaired) electrons. The Morgan fingerprint density at radius 1 is 0.463 bits per heavy atom. The number of aromatic hydroxyl groups is 15. The van der Waals surface area contributed by atoms with Gasteiger partial charge in [0.15, 0.2) is 87.8 Å². The van der Waals surface area contributed by atoms with Gasteiger partial charge in [-0.05, 0) is 30.3 Å². The summed E-state index contributed by atoms with van der Waals surface area (Å²) in [5, 5.41) is 183. The van der Waals surface area contributed by atoms with Gasteiger partial charge < -0.3 is 110 Å². The minimum atomic E-state index is -2.75. The third kappa shape index (κ3) is 6.70. The Hall–Kier alpha value is -9.14. The molecular formula is C41H30O26. The Labute approximate surface area is 368 Å². The second kappa shape index (κ2) is 15.5. The van der Waals surface area contributed by atoms with E-state index in [1.807, 2.05) is 0 Å². The predicted octanol–water partition coefficient (Wildman–Crippen LogP) is 1.19. The fourth-order valence-corrected chi connectivity index (χ4v) is 7.85. The lowest BCUT2D eigenvalue weighted by molar-refractivity contribution is -0.233. The number of hydrogen-bond donors (Lipinski definition) is 17. The largest absolute Gasteiger partial charge is 0.504 e. The Morgan fingerprint density at radius 2 is 0.881 bits per heavy atom. The molecule has 67 heavy (non-hydrogen) atoms. The lowest BCUT2D eigenvalue weighted by Crippen LogP contribution is -2.55. The number of fused-ring (bicyclic) bond motifs is 6. The van der Waals surface area contributed by atoms with Crippen molar-refractivity contribution in [1.82, 2.24) is 0 Å². The Kier molecular flexibility index (Phi) is 10.3. The quantitative estimate of drug-likeness (QED) is 0.0686. The first-order valence-electron chi connectivity index (χ1n) is 18.7.